The van der Waals surface area contributed by atoms with Crippen molar-refractivity contribution in [3.8, 4) is 0 Å². The second kappa shape index (κ2) is 7.20. The van der Waals surface area contributed by atoms with Crippen LogP contribution in [0.1, 0.15) is 10.4 Å². The maximum absolute atomic E-state index is 12.3. The van der Waals surface area contributed by atoms with Crippen molar-refractivity contribution < 1.29 is 18.7 Å². The lowest BCUT2D eigenvalue weighted by Crippen LogP contribution is -2.37. The fourth-order valence-electron chi connectivity index (χ4n) is 1.37. The van der Waals surface area contributed by atoms with Gasteiger partial charge in [-0.05, 0) is 40.8 Å². The van der Waals surface area contributed by atoms with E-state index in [0.717, 1.165) is 8.47 Å². The number of rotatable bonds is 5. The predicted molar refractivity (Wildman–Crippen MR) is 73.2 cm³/mol. The number of carbonyl (C=O) groups is 1. The van der Waals surface area contributed by atoms with Crippen molar-refractivity contribution in [2.75, 3.05) is 19.7 Å². The zero-order valence-corrected chi connectivity index (χ0v) is 12.2. The molecule has 0 atom stereocenters. The molecule has 3 nitrogen and oxygen atoms in total. The minimum atomic E-state index is -2.64. The first-order valence-corrected chi connectivity index (χ1v) is 6.54. The van der Waals surface area contributed by atoms with Crippen molar-refractivity contribution in [1.82, 2.24) is 4.90 Å². The van der Waals surface area contributed by atoms with Crippen LogP contribution < -0.4 is 0 Å². The number of carbonyl (C=O) groups excluding carboxylic acids is 1. The Morgan fingerprint density at radius 2 is 2.17 bits per heavy atom. The Morgan fingerprint density at radius 1 is 1.50 bits per heavy atom. The smallest absolute Gasteiger partial charge is 0.255 e. The number of halogens is 4. The van der Waals surface area contributed by atoms with E-state index < -0.39 is 18.9 Å². The predicted octanol–water partition coefficient (Wildman–Crippen LogP) is 2.64. The lowest BCUT2D eigenvalue weighted by Gasteiger charge is -2.21. The molecule has 0 aromatic heterocycles. The van der Waals surface area contributed by atoms with Crippen LogP contribution in [0.25, 0.3) is 0 Å². The number of nitrogens with zero attached hydrogens (tertiary/aromatic N) is 1. The van der Waals surface area contributed by atoms with Crippen LogP contribution in [0.5, 0.6) is 0 Å². The SMILES string of the molecule is O=C(c1ccc(I)c(Cl)c1)N(CCO)CC(F)F. The van der Waals surface area contributed by atoms with Crippen molar-refractivity contribution >= 4 is 40.1 Å². The highest BCUT2D eigenvalue weighted by molar-refractivity contribution is 14.1. The highest BCUT2D eigenvalue weighted by Crippen LogP contribution is 2.20. The molecule has 0 fully saturated rings. The van der Waals surface area contributed by atoms with Gasteiger partial charge in [-0.1, -0.05) is 11.6 Å². The number of hydrogen-bond acceptors (Lipinski definition) is 2. The van der Waals surface area contributed by atoms with Crippen LogP contribution in [0.2, 0.25) is 5.02 Å². The molecule has 1 rings (SSSR count). The van der Waals surface area contributed by atoms with Crippen molar-refractivity contribution in [3.63, 3.8) is 0 Å². The number of aliphatic hydroxyl groups is 1. The standard InChI is InChI=1S/C11H11ClF2INO2/c12-8-5-7(1-2-9(8)15)11(18)16(3-4-17)6-10(13)14/h1-2,5,10,17H,3-4,6H2. The van der Waals surface area contributed by atoms with Gasteiger partial charge in [0.25, 0.3) is 12.3 Å². The average molecular weight is 390 g/mol. The zero-order chi connectivity index (χ0) is 13.7. The van der Waals surface area contributed by atoms with Gasteiger partial charge in [-0.25, -0.2) is 8.78 Å². The van der Waals surface area contributed by atoms with Crippen LogP contribution in [0.15, 0.2) is 18.2 Å². The fourth-order valence-corrected chi connectivity index (χ4v) is 1.89. The Labute approximate surface area is 122 Å². The highest BCUT2D eigenvalue weighted by atomic mass is 127. The third-order valence-electron chi connectivity index (χ3n) is 2.18. The molecule has 0 saturated carbocycles. The molecular formula is C11H11ClF2INO2. The fraction of sp³-hybridized carbons (Fsp3) is 0.364. The summed E-state index contributed by atoms with van der Waals surface area (Å²) in [5, 5.41) is 9.17. The van der Waals surface area contributed by atoms with Gasteiger partial charge >= 0.3 is 0 Å². The maximum atomic E-state index is 12.3. The summed E-state index contributed by atoms with van der Waals surface area (Å²) in [5.41, 5.74) is 0.231. The monoisotopic (exact) mass is 389 g/mol. The van der Waals surface area contributed by atoms with Gasteiger partial charge in [0.15, 0.2) is 0 Å². The Bertz CT molecular complexity index is 432. The van der Waals surface area contributed by atoms with Crippen LogP contribution in [0.4, 0.5) is 8.78 Å². The van der Waals surface area contributed by atoms with E-state index >= 15 is 0 Å². The summed E-state index contributed by atoms with van der Waals surface area (Å²) in [7, 11) is 0. The van der Waals surface area contributed by atoms with Crippen LogP contribution in [-0.2, 0) is 0 Å². The molecule has 0 unspecified atom stereocenters. The van der Waals surface area contributed by atoms with Crippen LogP contribution in [0.3, 0.4) is 0 Å². The van der Waals surface area contributed by atoms with E-state index in [9.17, 15) is 13.6 Å². The summed E-state index contributed by atoms with van der Waals surface area (Å²) < 4.78 is 25.4. The Balaban J connectivity index is 2.90. The molecule has 100 valence electrons. The zero-order valence-electron chi connectivity index (χ0n) is 9.25. The second-order valence-electron chi connectivity index (χ2n) is 3.49. The molecule has 0 radical (unpaired) electrons. The van der Waals surface area contributed by atoms with Crippen LogP contribution in [0, 0.1) is 3.57 Å². The molecule has 7 heteroatoms. The summed E-state index contributed by atoms with van der Waals surface area (Å²) in [4.78, 5) is 12.9. The molecule has 0 aliphatic rings. The Hall–Kier alpha value is -0.470. The molecule has 0 saturated heterocycles. The topological polar surface area (TPSA) is 40.5 Å². The molecule has 0 aliphatic heterocycles. The van der Waals surface area contributed by atoms with E-state index in [1.54, 1.807) is 6.07 Å². The highest BCUT2D eigenvalue weighted by Gasteiger charge is 2.19. The summed E-state index contributed by atoms with van der Waals surface area (Å²) in [6.45, 7) is -1.20. The molecule has 1 aromatic carbocycles. The maximum Gasteiger partial charge on any atom is 0.255 e. The first-order valence-electron chi connectivity index (χ1n) is 5.09. The van der Waals surface area contributed by atoms with Gasteiger partial charge in [0.1, 0.15) is 0 Å². The van der Waals surface area contributed by atoms with E-state index in [4.69, 9.17) is 16.7 Å². The molecule has 0 spiro atoms. The molecule has 0 aliphatic carbocycles. The van der Waals surface area contributed by atoms with Crippen molar-refractivity contribution in [2.45, 2.75) is 6.43 Å². The largest absolute Gasteiger partial charge is 0.395 e. The number of hydrogen-bond donors (Lipinski definition) is 1. The first kappa shape index (κ1) is 15.6. The molecular weight excluding hydrogens is 378 g/mol. The molecule has 0 heterocycles. The Kier molecular flexibility index (Phi) is 6.24. The van der Waals surface area contributed by atoms with Crippen molar-refractivity contribution in [3.05, 3.63) is 32.4 Å². The minimum absolute atomic E-state index is 0.132. The second-order valence-corrected chi connectivity index (χ2v) is 5.06. The van der Waals surface area contributed by atoms with Crippen LogP contribution in [-0.4, -0.2) is 42.0 Å². The third kappa shape index (κ3) is 4.33. The van der Waals surface area contributed by atoms with Gasteiger partial charge in [0, 0.05) is 15.7 Å². The first-order chi connectivity index (χ1) is 8.45. The number of alkyl halides is 2. The summed E-state index contributed by atoms with van der Waals surface area (Å²) in [6, 6.07) is 4.59. The van der Waals surface area contributed by atoms with Gasteiger partial charge in [0.05, 0.1) is 18.2 Å². The van der Waals surface area contributed by atoms with Crippen molar-refractivity contribution in [2.24, 2.45) is 0 Å². The van der Waals surface area contributed by atoms with E-state index in [-0.39, 0.29) is 18.7 Å². The number of benzene rings is 1. The van der Waals surface area contributed by atoms with E-state index in [0.29, 0.717) is 5.02 Å². The van der Waals surface area contributed by atoms with E-state index in [1.807, 2.05) is 22.6 Å². The van der Waals surface area contributed by atoms with Gasteiger partial charge in [-0.2, -0.15) is 0 Å². The number of aliphatic hydroxyl groups excluding tert-OH is 1. The molecule has 1 N–H and O–H groups in total. The quantitative estimate of drug-likeness (QED) is 0.787. The van der Waals surface area contributed by atoms with Crippen molar-refractivity contribution in [1.29, 1.82) is 0 Å². The van der Waals surface area contributed by atoms with Gasteiger partial charge in [-0.15, -0.1) is 0 Å². The van der Waals surface area contributed by atoms with Gasteiger partial charge in [0.2, 0.25) is 0 Å². The van der Waals surface area contributed by atoms with Gasteiger partial charge < -0.3 is 10.0 Å². The van der Waals surface area contributed by atoms with E-state index in [2.05, 4.69) is 0 Å². The average Bonchev–Trinajstić information content (AvgIpc) is 2.31. The molecule has 1 aromatic rings. The lowest BCUT2D eigenvalue weighted by atomic mass is 10.2. The number of amides is 1. The Morgan fingerprint density at radius 3 is 2.67 bits per heavy atom. The van der Waals surface area contributed by atoms with E-state index in [1.165, 1.54) is 12.1 Å². The summed E-state index contributed by atoms with van der Waals surface area (Å²) in [6.07, 6.45) is -2.64. The van der Waals surface area contributed by atoms with Crippen LogP contribution >= 0.6 is 34.2 Å². The summed E-state index contributed by atoms with van der Waals surface area (Å²) in [5.74, 6) is -0.567. The minimum Gasteiger partial charge on any atom is -0.395 e. The lowest BCUT2D eigenvalue weighted by molar-refractivity contribution is 0.0509. The molecule has 0 bridgehead atoms. The molecule has 18 heavy (non-hydrogen) atoms. The summed E-state index contributed by atoms with van der Waals surface area (Å²) >= 11 is 7.87. The molecule has 1 amide bonds. The third-order valence-corrected chi connectivity index (χ3v) is 3.75. The van der Waals surface area contributed by atoms with Gasteiger partial charge in [-0.3, -0.25) is 4.79 Å². The normalized spacial score (nSPS) is 10.8.